The van der Waals surface area contributed by atoms with E-state index in [-0.39, 0.29) is 12.3 Å². The standard InChI is InChI=1S/C29H30N2O3/c1-3-5-19-33-24-16-12-22(13-17-24)29-31-27(25-8-6-7-9-28(25)34-29)20-26(30-31)21-10-14-23(15-11-21)32-18-4-2/h4,6-17,27,29H,2-3,5,18-20H2,1H3/t27-,29+/m0/s1. The van der Waals surface area contributed by atoms with Crippen LogP contribution in [0.1, 0.15) is 55.1 Å². The van der Waals surface area contributed by atoms with Crippen molar-refractivity contribution in [1.29, 1.82) is 0 Å². The second-order valence-electron chi connectivity index (χ2n) is 8.55. The van der Waals surface area contributed by atoms with Crippen molar-refractivity contribution >= 4 is 5.71 Å². The molecule has 2 aliphatic rings. The number of fused-ring (bicyclic) bond motifs is 3. The lowest BCUT2D eigenvalue weighted by atomic mass is 9.96. The van der Waals surface area contributed by atoms with E-state index in [0.717, 1.165) is 60.0 Å². The monoisotopic (exact) mass is 454 g/mol. The minimum Gasteiger partial charge on any atom is -0.494 e. The minimum absolute atomic E-state index is 0.127. The maximum absolute atomic E-state index is 6.47. The van der Waals surface area contributed by atoms with E-state index in [4.69, 9.17) is 19.3 Å². The molecule has 5 heteroatoms. The van der Waals surface area contributed by atoms with E-state index in [2.05, 4.69) is 54.9 Å². The van der Waals surface area contributed by atoms with Crippen LogP contribution in [0.15, 0.2) is 90.6 Å². The molecule has 34 heavy (non-hydrogen) atoms. The van der Waals surface area contributed by atoms with Gasteiger partial charge in [-0.15, -0.1) is 0 Å². The fourth-order valence-corrected chi connectivity index (χ4v) is 4.39. The Bertz CT molecular complexity index is 1150. The molecule has 0 spiro atoms. The first-order valence-electron chi connectivity index (χ1n) is 11.9. The van der Waals surface area contributed by atoms with Crippen molar-refractivity contribution < 1.29 is 14.2 Å². The second kappa shape index (κ2) is 10.0. The number of ether oxygens (including phenoxy) is 3. The van der Waals surface area contributed by atoms with Crippen molar-refractivity contribution in [2.24, 2.45) is 5.10 Å². The Morgan fingerprint density at radius 3 is 2.50 bits per heavy atom. The zero-order valence-corrected chi connectivity index (χ0v) is 19.5. The highest BCUT2D eigenvalue weighted by molar-refractivity contribution is 6.02. The number of hydrogen-bond acceptors (Lipinski definition) is 5. The fraction of sp³-hybridized carbons (Fsp3) is 0.276. The first-order chi connectivity index (χ1) is 16.8. The molecule has 2 aliphatic heterocycles. The summed E-state index contributed by atoms with van der Waals surface area (Å²) in [6.07, 6.45) is 4.45. The van der Waals surface area contributed by atoms with Crippen LogP contribution >= 0.6 is 0 Å². The summed E-state index contributed by atoms with van der Waals surface area (Å²) in [4.78, 5) is 0. The zero-order valence-electron chi connectivity index (χ0n) is 19.5. The van der Waals surface area contributed by atoms with Crippen LogP contribution in [0.5, 0.6) is 17.2 Å². The van der Waals surface area contributed by atoms with Gasteiger partial charge in [0, 0.05) is 17.5 Å². The molecule has 0 fully saturated rings. The zero-order chi connectivity index (χ0) is 23.3. The topological polar surface area (TPSA) is 43.3 Å². The molecule has 2 atom stereocenters. The number of unbranched alkanes of at least 4 members (excludes halogenated alkanes) is 1. The lowest BCUT2D eigenvalue weighted by Gasteiger charge is -2.38. The summed E-state index contributed by atoms with van der Waals surface area (Å²) in [6, 6.07) is 24.7. The first kappa shape index (κ1) is 22.1. The van der Waals surface area contributed by atoms with E-state index in [1.165, 1.54) is 5.56 Å². The normalized spacial score (nSPS) is 18.4. The van der Waals surface area contributed by atoms with Crippen LogP contribution in [0, 0.1) is 0 Å². The van der Waals surface area contributed by atoms with E-state index < -0.39 is 0 Å². The Kier molecular flexibility index (Phi) is 6.52. The van der Waals surface area contributed by atoms with Gasteiger partial charge in [0.15, 0.2) is 0 Å². The number of hydrogen-bond donors (Lipinski definition) is 0. The summed E-state index contributed by atoms with van der Waals surface area (Å²) in [5, 5.41) is 7.15. The lowest BCUT2D eigenvalue weighted by Crippen LogP contribution is -2.33. The van der Waals surface area contributed by atoms with Gasteiger partial charge in [-0.05, 0) is 66.6 Å². The molecule has 0 N–H and O–H groups in total. The van der Waals surface area contributed by atoms with Crippen LogP contribution in [-0.4, -0.2) is 23.9 Å². The van der Waals surface area contributed by atoms with Gasteiger partial charge in [0.1, 0.15) is 23.9 Å². The van der Waals surface area contributed by atoms with Crippen molar-refractivity contribution in [2.75, 3.05) is 13.2 Å². The molecular formula is C29H30N2O3. The predicted molar refractivity (Wildman–Crippen MR) is 135 cm³/mol. The summed E-state index contributed by atoms with van der Waals surface area (Å²) < 4.78 is 17.9. The smallest absolute Gasteiger partial charge is 0.213 e. The van der Waals surface area contributed by atoms with E-state index >= 15 is 0 Å². The van der Waals surface area contributed by atoms with Gasteiger partial charge in [0.2, 0.25) is 6.23 Å². The second-order valence-corrected chi connectivity index (χ2v) is 8.55. The van der Waals surface area contributed by atoms with Crippen molar-refractivity contribution in [3.8, 4) is 17.2 Å². The third-order valence-electron chi connectivity index (χ3n) is 6.19. The van der Waals surface area contributed by atoms with Gasteiger partial charge in [-0.25, -0.2) is 5.01 Å². The molecule has 3 aromatic carbocycles. The van der Waals surface area contributed by atoms with Gasteiger partial charge in [0.25, 0.3) is 0 Å². The largest absolute Gasteiger partial charge is 0.494 e. The van der Waals surface area contributed by atoms with Crippen LogP contribution in [-0.2, 0) is 0 Å². The van der Waals surface area contributed by atoms with E-state index in [9.17, 15) is 0 Å². The third-order valence-corrected chi connectivity index (χ3v) is 6.19. The van der Waals surface area contributed by atoms with Gasteiger partial charge in [-0.1, -0.05) is 44.2 Å². The summed E-state index contributed by atoms with van der Waals surface area (Å²) in [7, 11) is 0. The maximum atomic E-state index is 6.47. The molecule has 5 nitrogen and oxygen atoms in total. The highest BCUT2D eigenvalue weighted by Gasteiger charge is 2.40. The molecule has 0 radical (unpaired) electrons. The predicted octanol–water partition coefficient (Wildman–Crippen LogP) is 6.67. The van der Waals surface area contributed by atoms with Gasteiger partial charge >= 0.3 is 0 Å². The average molecular weight is 455 g/mol. The van der Waals surface area contributed by atoms with Gasteiger partial charge in [-0.2, -0.15) is 5.10 Å². The number of nitrogens with zero attached hydrogens (tertiary/aromatic N) is 2. The third kappa shape index (κ3) is 4.51. The number of rotatable bonds is 9. The highest BCUT2D eigenvalue weighted by atomic mass is 16.5. The van der Waals surface area contributed by atoms with E-state index in [0.29, 0.717) is 6.61 Å². The lowest BCUT2D eigenvalue weighted by molar-refractivity contribution is -0.0190. The summed E-state index contributed by atoms with van der Waals surface area (Å²) in [5.74, 6) is 2.63. The quantitative estimate of drug-likeness (QED) is 0.267. The Labute approximate surface area is 201 Å². The minimum atomic E-state index is -0.294. The molecule has 3 aromatic rings. The highest BCUT2D eigenvalue weighted by Crippen LogP contribution is 2.47. The maximum Gasteiger partial charge on any atom is 0.213 e. The molecule has 0 unspecified atom stereocenters. The summed E-state index contributed by atoms with van der Waals surface area (Å²) in [5.41, 5.74) is 4.37. The van der Waals surface area contributed by atoms with Gasteiger partial charge in [0.05, 0.1) is 18.4 Å². The van der Waals surface area contributed by atoms with Crippen molar-refractivity contribution in [3.05, 3.63) is 102 Å². The Morgan fingerprint density at radius 1 is 1.00 bits per heavy atom. The molecule has 0 amide bonds. The molecule has 0 saturated heterocycles. The number of hydrazone groups is 1. The molecular weight excluding hydrogens is 424 g/mol. The molecule has 0 aromatic heterocycles. The fourth-order valence-electron chi connectivity index (χ4n) is 4.39. The van der Waals surface area contributed by atoms with Gasteiger partial charge < -0.3 is 14.2 Å². The first-order valence-corrected chi connectivity index (χ1v) is 11.9. The van der Waals surface area contributed by atoms with Crippen LogP contribution in [0.4, 0.5) is 0 Å². The Hall–Kier alpha value is -3.73. The molecule has 5 rings (SSSR count). The van der Waals surface area contributed by atoms with E-state index in [1.807, 2.05) is 36.4 Å². The van der Waals surface area contributed by atoms with Crippen LogP contribution in [0.3, 0.4) is 0 Å². The Morgan fingerprint density at radius 2 is 1.74 bits per heavy atom. The van der Waals surface area contributed by atoms with Crippen molar-refractivity contribution in [2.45, 2.75) is 38.5 Å². The van der Waals surface area contributed by atoms with Crippen molar-refractivity contribution in [3.63, 3.8) is 0 Å². The Balaban J connectivity index is 1.42. The van der Waals surface area contributed by atoms with E-state index in [1.54, 1.807) is 6.08 Å². The molecule has 0 saturated carbocycles. The average Bonchev–Trinajstić information content (AvgIpc) is 3.34. The summed E-state index contributed by atoms with van der Waals surface area (Å²) >= 11 is 0. The molecule has 0 aliphatic carbocycles. The SMILES string of the molecule is C=CCOc1ccc(C2=NN3[C@@H](c4ccc(OCCCC)cc4)Oc4ccccc4[C@@H]3C2)cc1. The number of para-hydroxylation sites is 1. The van der Waals surface area contributed by atoms with Crippen LogP contribution in [0.2, 0.25) is 0 Å². The summed E-state index contributed by atoms with van der Waals surface area (Å²) in [6.45, 7) is 7.10. The van der Waals surface area contributed by atoms with Crippen molar-refractivity contribution in [1.82, 2.24) is 5.01 Å². The molecule has 0 bridgehead atoms. The van der Waals surface area contributed by atoms with Crippen LogP contribution < -0.4 is 14.2 Å². The molecule has 174 valence electrons. The molecule has 2 heterocycles. The van der Waals surface area contributed by atoms with Gasteiger partial charge in [-0.3, -0.25) is 0 Å². The van der Waals surface area contributed by atoms with Crippen LogP contribution in [0.25, 0.3) is 0 Å². The number of benzene rings is 3.